The van der Waals surface area contributed by atoms with E-state index in [0.29, 0.717) is 6.54 Å². The second-order valence-electron chi connectivity index (χ2n) is 4.29. The van der Waals surface area contributed by atoms with Crippen LogP contribution in [-0.2, 0) is 6.54 Å². The molecule has 0 spiro atoms. The Kier molecular flexibility index (Phi) is 5.10. The van der Waals surface area contributed by atoms with Crippen LogP contribution in [0.3, 0.4) is 0 Å². The van der Waals surface area contributed by atoms with Gasteiger partial charge < -0.3 is 10.1 Å². The van der Waals surface area contributed by atoms with E-state index in [-0.39, 0.29) is 0 Å². The molecule has 0 radical (unpaired) electrons. The van der Waals surface area contributed by atoms with Gasteiger partial charge in [0.15, 0.2) is 0 Å². The van der Waals surface area contributed by atoms with E-state index in [1.807, 2.05) is 42.5 Å². The van der Waals surface area contributed by atoms with E-state index in [1.54, 1.807) is 0 Å². The topological polar surface area (TPSA) is 21.3 Å². The largest absolute Gasteiger partial charge is 0.493 e. The first kappa shape index (κ1) is 13.8. The molecule has 0 aromatic heterocycles. The zero-order valence-corrected chi connectivity index (χ0v) is 11.8. The highest BCUT2D eigenvalue weighted by Gasteiger charge is 2.04. The Bertz CT molecular complexity index is 528. The summed E-state index contributed by atoms with van der Waals surface area (Å²) >= 11 is 6.12. The molecule has 2 rings (SSSR count). The Morgan fingerprint density at radius 1 is 1.05 bits per heavy atom. The number of nitrogens with one attached hydrogen (secondary N) is 1. The predicted molar refractivity (Wildman–Crippen MR) is 81.0 cm³/mol. The van der Waals surface area contributed by atoms with Gasteiger partial charge in [-0.2, -0.15) is 0 Å². The lowest BCUT2D eigenvalue weighted by atomic mass is 10.2. The molecule has 2 nitrogen and oxygen atoms in total. The number of hydrogen-bond acceptors (Lipinski definition) is 2. The minimum Gasteiger partial charge on any atom is -0.493 e. The molecule has 0 amide bonds. The highest BCUT2D eigenvalue weighted by Crippen LogP contribution is 2.23. The minimum absolute atomic E-state index is 0.698. The molecule has 0 atom stereocenters. The second kappa shape index (κ2) is 7.05. The first-order valence-corrected chi connectivity index (χ1v) is 6.88. The molecule has 0 heterocycles. The van der Waals surface area contributed by atoms with Crippen LogP contribution in [0.1, 0.15) is 18.9 Å². The maximum Gasteiger partial charge on any atom is 0.124 e. The maximum atomic E-state index is 6.12. The molecule has 0 aliphatic carbocycles. The fourth-order valence-corrected chi connectivity index (χ4v) is 2.00. The number of hydrogen-bond donors (Lipinski definition) is 1. The van der Waals surface area contributed by atoms with Crippen molar-refractivity contribution in [3.8, 4) is 5.75 Å². The standard InChI is InChI=1S/C16H18ClNO/c1-2-11-19-16-10-6-3-7-13(16)12-18-15-9-5-4-8-14(15)17/h3-10,18H,2,11-12H2,1H3. The molecule has 0 unspecified atom stereocenters. The van der Waals surface area contributed by atoms with Crippen LogP contribution < -0.4 is 10.1 Å². The van der Waals surface area contributed by atoms with E-state index in [9.17, 15) is 0 Å². The van der Waals surface area contributed by atoms with Crippen molar-refractivity contribution in [3.05, 3.63) is 59.1 Å². The predicted octanol–water partition coefficient (Wildman–Crippen LogP) is 4.74. The molecule has 0 fully saturated rings. The normalized spacial score (nSPS) is 10.2. The van der Waals surface area contributed by atoms with Gasteiger partial charge in [0.25, 0.3) is 0 Å². The molecule has 3 heteroatoms. The van der Waals surface area contributed by atoms with Crippen LogP contribution in [-0.4, -0.2) is 6.61 Å². The van der Waals surface area contributed by atoms with Crippen molar-refractivity contribution < 1.29 is 4.74 Å². The number of anilines is 1. The highest BCUT2D eigenvalue weighted by molar-refractivity contribution is 6.33. The number of ether oxygens (including phenoxy) is 1. The fraction of sp³-hybridized carbons (Fsp3) is 0.250. The first-order chi connectivity index (χ1) is 9.31. The van der Waals surface area contributed by atoms with Crippen molar-refractivity contribution >= 4 is 17.3 Å². The summed E-state index contributed by atoms with van der Waals surface area (Å²) in [7, 11) is 0. The quantitative estimate of drug-likeness (QED) is 0.822. The summed E-state index contributed by atoms with van der Waals surface area (Å²) in [5.74, 6) is 0.934. The number of benzene rings is 2. The van der Waals surface area contributed by atoms with Crippen molar-refractivity contribution in [1.82, 2.24) is 0 Å². The van der Waals surface area contributed by atoms with Crippen molar-refractivity contribution in [2.75, 3.05) is 11.9 Å². The van der Waals surface area contributed by atoms with E-state index in [2.05, 4.69) is 18.3 Å². The molecule has 0 saturated heterocycles. The fourth-order valence-electron chi connectivity index (χ4n) is 1.80. The van der Waals surface area contributed by atoms with Gasteiger partial charge >= 0.3 is 0 Å². The van der Waals surface area contributed by atoms with Crippen LogP contribution in [0.4, 0.5) is 5.69 Å². The Morgan fingerprint density at radius 3 is 2.58 bits per heavy atom. The Labute approximate surface area is 119 Å². The van der Waals surface area contributed by atoms with Gasteiger partial charge in [0.2, 0.25) is 0 Å². The molecule has 100 valence electrons. The summed E-state index contributed by atoms with van der Waals surface area (Å²) in [6, 6.07) is 15.8. The molecule has 0 bridgehead atoms. The van der Waals surface area contributed by atoms with Gasteiger partial charge in [0.1, 0.15) is 5.75 Å². The Hall–Kier alpha value is -1.67. The molecule has 0 aliphatic rings. The minimum atomic E-state index is 0.698. The van der Waals surface area contributed by atoms with E-state index in [0.717, 1.165) is 35.1 Å². The molecular formula is C16H18ClNO. The third-order valence-electron chi connectivity index (χ3n) is 2.78. The van der Waals surface area contributed by atoms with Crippen LogP contribution in [0.5, 0.6) is 5.75 Å². The Balaban J connectivity index is 2.05. The number of rotatable bonds is 6. The van der Waals surface area contributed by atoms with Crippen molar-refractivity contribution in [3.63, 3.8) is 0 Å². The van der Waals surface area contributed by atoms with E-state index in [4.69, 9.17) is 16.3 Å². The van der Waals surface area contributed by atoms with E-state index < -0.39 is 0 Å². The van der Waals surface area contributed by atoms with Crippen molar-refractivity contribution in [1.29, 1.82) is 0 Å². The van der Waals surface area contributed by atoms with E-state index >= 15 is 0 Å². The zero-order valence-electron chi connectivity index (χ0n) is 11.0. The molecular weight excluding hydrogens is 258 g/mol. The summed E-state index contributed by atoms with van der Waals surface area (Å²) in [5.41, 5.74) is 2.07. The van der Waals surface area contributed by atoms with Crippen LogP contribution in [0.25, 0.3) is 0 Å². The molecule has 2 aromatic carbocycles. The van der Waals surface area contributed by atoms with Crippen LogP contribution in [0.15, 0.2) is 48.5 Å². The van der Waals surface area contributed by atoms with Gasteiger partial charge in [-0.1, -0.05) is 48.9 Å². The van der Waals surface area contributed by atoms with Gasteiger partial charge in [-0.25, -0.2) is 0 Å². The van der Waals surface area contributed by atoms with Gasteiger partial charge in [-0.15, -0.1) is 0 Å². The van der Waals surface area contributed by atoms with Crippen molar-refractivity contribution in [2.24, 2.45) is 0 Å². The average molecular weight is 276 g/mol. The Morgan fingerprint density at radius 2 is 1.79 bits per heavy atom. The third-order valence-corrected chi connectivity index (χ3v) is 3.11. The summed E-state index contributed by atoms with van der Waals surface area (Å²) < 4.78 is 5.73. The van der Waals surface area contributed by atoms with Gasteiger partial charge in [-0.3, -0.25) is 0 Å². The summed E-state index contributed by atoms with van der Waals surface area (Å²) in [5, 5.41) is 4.07. The first-order valence-electron chi connectivity index (χ1n) is 6.50. The monoisotopic (exact) mass is 275 g/mol. The SMILES string of the molecule is CCCOc1ccccc1CNc1ccccc1Cl. The van der Waals surface area contributed by atoms with Gasteiger partial charge in [-0.05, 0) is 24.6 Å². The number of para-hydroxylation sites is 2. The summed E-state index contributed by atoms with van der Waals surface area (Å²) in [6.07, 6.45) is 1.01. The maximum absolute atomic E-state index is 6.12. The lowest BCUT2D eigenvalue weighted by Gasteiger charge is -2.13. The van der Waals surface area contributed by atoms with Crippen LogP contribution in [0.2, 0.25) is 5.02 Å². The number of halogens is 1. The van der Waals surface area contributed by atoms with Crippen LogP contribution >= 0.6 is 11.6 Å². The highest BCUT2D eigenvalue weighted by atomic mass is 35.5. The second-order valence-corrected chi connectivity index (χ2v) is 4.70. The van der Waals surface area contributed by atoms with Gasteiger partial charge in [0.05, 0.1) is 17.3 Å². The molecule has 0 aliphatic heterocycles. The van der Waals surface area contributed by atoms with Gasteiger partial charge in [0, 0.05) is 12.1 Å². The summed E-state index contributed by atoms with van der Waals surface area (Å²) in [4.78, 5) is 0. The van der Waals surface area contributed by atoms with E-state index in [1.165, 1.54) is 0 Å². The van der Waals surface area contributed by atoms with Crippen molar-refractivity contribution in [2.45, 2.75) is 19.9 Å². The third kappa shape index (κ3) is 3.90. The molecule has 1 N–H and O–H groups in total. The zero-order chi connectivity index (χ0) is 13.5. The lowest BCUT2D eigenvalue weighted by molar-refractivity contribution is 0.314. The molecule has 0 saturated carbocycles. The molecule has 19 heavy (non-hydrogen) atoms. The molecule has 2 aromatic rings. The summed E-state index contributed by atoms with van der Waals surface area (Å²) in [6.45, 7) is 3.54. The van der Waals surface area contributed by atoms with Crippen LogP contribution in [0, 0.1) is 0 Å². The average Bonchev–Trinajstić information content (AvgIpc) is 2.45. The lowest BCUT2D eigenvalue weighted by Crippen LogP contribution is -2.04. The smallest absolute Gasteiger partial charge is 0.124 e.